The summed E-state index contributed by atoms with van der Waals surface area (Å²) in [6.45, 7) is 0. The van der Waals surface area contributed by atoms with Gasteiger partial charge in [-0.2, -0.15) is 0 Å². The molecule has 0 aromatic heterocycles. The van der Waals surface area contributed by atoms with Crippen molar-refractivity contribution in [3.63, 3.8) is 0 Å². The fraction of sp³-hybridized carbons (Fsp3) is 0.188. The Hall–Kier alpha value is -1.89. The smallest absolute Gasteiger partial charge is 0.156 e. The predicted octanol–water partition coefficient (Wildman–Crippen LogP) is 3.37. The highest BCUT2D eigenvalue weighted by molar-refractivity contribution is 6.08. The lowest BCUT2D eigenvalue weighted by molar-refractivity contribution is -0.114. The Kier molecular flexibility index (Phi) is 1.66. The zero-order valence-corrected chi connectivity index (χ0v) is 9.44. The number of carbonyl (C=O) groups is 1. The minimum Gasteiger partial charge on any atom is -0.295 e. The van der Waals surface area contributed by atoms with E-state index in [0.717, 1.165) is 6.42 Å². The van der Waals surface area contributed by atoms with Crippen LogP contribution in [0.3, 0.4) is 0 Å². The Morgan fingerprint density at radius 2 is 1.82 bits per heavy atom. The number of ketones is 1. The van der Waals surface area contributed by atoms with Crippen molar-refractivity contribution in [3.05, 3.63) is 53.6 Å². The largest absolute Gasteiger partial charge is 0.295 e. The van der Waals surface area contributed by atoms with E-state index < -0.39 is 0 Å². The Balaban J connectivity index is 2.12. The van der Waals surface area contributed by atoms with Gasteiger partial charge in [0.05, 0.1) is 0 Å². The summed E-state index contributed by atoms with van der Waals surface area (Å²) in [5.41, 5.74) is 3.94. The summed E-state index contributed by atoms with van der Waals surface area (Å²) in [5.74, 6) is 0.706. The van der Waals surface area contributed by atoms with Crippen LogP contribution in [0, 0.1) is 5.92 Å². The van der Waals surface area contributed by atoms with Crippen molar-refractivity contribution in [2.75, 3.05) is 0 Å². The highest BCUT2D eigenvalue weighted by Gasteiger charge is 2.31. The second-order valence-corrected chi connectivity index (χ2v) is 4.99. The van der Waals surface area contributed by atoms with Gasteiger partial charge >= 0.3 is 0 Å². The molecule has 2 aliphatic rings. The molecule has 0 amide bonds. The van der Waals surface area contributed by atoms with Gasteiger partial charge in [-0.05, 0) is 45.9 Å². The van der Waals surface area contributed by atoms with Gasteiger partial charge in [0.1, 0.15) is 0 Å². The summed E-state index contributed by atoms with van der Waals surface area (Å²) < 4.78 is 0. The van der Waals surface area contributed by atoms with Crippen LogP contribution >= 0.6 is 0 Å². The Bertz CT molecular complexity index is 674. The molecule has 0 heterocycles. The van der Waals surface area contributed by atoms with Gasteiger partial charge in [-0.1, -0.05) is 36.4 Å². The second-order valence-electron chi connectivity index (χ2n) is 4.99. The number of allylic oxidation sites excluding steroid dienone is 2. The van der Waals surface area contributed by atoms with Gasteiger partial charge in [-0.3, -0.25) is 4.79 Å². The van der Waals surface area contributed by atoms with E-state index >= 15 is 0 Å². The number of fused-ring (bicyclic) bond motifs is 2. The molecule has 0 bridgehead atoms. The topological polar surface area (TPSA) is 17.1 Å². The second kappa shape index (κ2) is 3.07. The highest BCUT2D eigenvalue weighted by atomic mass is 16.1. The van der Waals surface area contributed by atoms with Gasteiger partial charge in [0.2, 0.25) is 0 Å². The molecule has 0 aliphatic heterocycles. The lowest BCUT2D eigenvalue weighted by Crippen LogP contribution is -2.10. The molecular weight excluding hydrogens is 208 g/mol. The highest BCUT2D eigenvalue weighted by Crippen LogP contribution is 2.43. The van der Waals surface area contributed by atoms with E-state index in [0.29, 0.717) is 12.3 Å². The number of carbonyl (C=O) groups excluding carboxylic acids is 1. The normalized spacial score (nSPS) is 21.5. The zero-order chi connectivity index (χ0) is 11.4. The first-order chi connectivity index (χ1) is 8.33. The van der Waals surface area contributed by atoms with Crippen LogP contribution in [0.15, 0.2) is 42.5 Å². The standard InChI is InChI=1S/C16H12O/c17-13-8-12-7-11-5-1-3-10-4-2-6-14(16(10)11)15(12)9-13/h1-6,9,12H,7-8H2. The van der Waals surface area contributed by atoms with Crippen LogP contribution < -0.4 is 0 Å². The van der Waals surface area contributed by atoms with Crippen molar-refractivity contribution in [2.24, 2.45) is 5.92 Å². The molecule has 0 saturated carbocycles. The molecule has 0 radical (unpaired) electrons. The lowest BCUT2D eigenvalue weighted by atomic mass is 9.79. The molecule has 0 spiro atoms. The van der Waals surface area contributed by atoms with E-state index in [1.165, 1.54) is 27.5 Å². The molecule has 2 aromatic carbocycles. The number of rotatable bonds is 0. The maximum absolute atomic E-state index is 11.6. The summed E-state index contributed by atoms with van der Waals surface area (Å²) in [7, 11) is 0. The van der Waals surface area contributed by atoms with Crippen LogP contribution in [-0.4, -0.2) is 5.78 Å². The third-order valence-corrected chi connectivity index (χ3v) is 3.97. The van der Waals surface area contributed by atoms with E-state index in [9.17, 15) is 4.79 Å². The third-order valence-electron chi connectivity index (χ3n) is 3.97. The molecule has 1 unspecified atom stereocenters. The summed E-state index contributed by atoms with van der Waals surface area (Å²) in [5, 5.41) is 2.64. The van der Waals surface area contributed by atoms with Gasteiger partial charge in [0, 0.05) is 6.42 Å². The van der Waals surface area contributed by atoms with Crippen LogP contribution in [0.5, 0.6) is 0 Å². The molecular formula is C16H12O. The van der Waals surface area contributed by atoms with Crippen molar-refractivity contribution in [3.8, 4) is 0 Å². The Morgan fingerprint density at radius 1 is 1.00 bits per heavy atom. The van der Waals surface area contributed by atoms with Crippen LogP contribution in [0.25, 0.3) is 16.3 Å². The van der Waals surface area contributed by atoms with Gasteiger partial charge in [0.25, 0.3) is 0 Å². The van der Waals surface area contributed by atoms with E-state index in [1.54, 1.807) is 0 Å². The van der Waals surface area contributed by atoms with Crippen molar-refractivity contribution in [2.45, 2.75) is 12.8 Å². The maximum atomic E-state index is 11.6. The number of benzene rings is 2. The molecule has 2 aliphatic carbocycles. The number of hydrogen-bond acceptors (Lipinski definition) is 1. The number of hydrogen-bond donors (Lipinski definition) is 0. The summed E-state index contributed by atoms with van der Waals surface area (Å²) in [4.78, 5) is 11.6. The molecule has 1 nitrogen and oxygen atoms in total. The molecule has 1 heteroatoms. The Labute approximate surface area is 99.8 Å². The van der Waals surface area contributed by atoms with E-state index in [2.05, 4.69) is 36.4 Å². The van der Waals surface area contributed by atoms with Gasteiger partial charge in [-0.25, -0.2) is 0 Å². The summed E-state index contributed by atoms with van der Waals surface area (Å²) >= 11 is 0. The van der Waals surface area contributed by atoms with Crippen LogP contribution in [0.4, 0.5) is 0 Å². The SMILES string of the molecule is O=C1C=C2c3cccc4cccc(c34)CC2C1. The molecule has 4 rings (SSSR count). The van der Waals surface area contributed by atoms with Gasteiger partial charge in [-0.15, -0.1) is 0 Å². The maximum Gasteiger partial charge on any atom is 0.156 e. The van der Waals surface area contributed by atoms with Crippen molar-refractivity contribution in [1.82, 2.24) is 0 Å². The molecule has 0 fully saturated rings. The first kappa shape index (κ1) is 9.17. The molecule has 17 heavy (non-hydrogen) atoms. The Morgan fingerprint density at radius 3 is 2.71 bits per heavy atom. The molecule has 82 valence electrons. The van der Waals surface area contributed by atoms with E-state index in [-0.39, 0.29) is 5.78 Å². The first-order valence-corrected chi connectivity index (χ1v) is 6.08. The first-order valence-electron chi connectivity index (χ1n) is 6.08. The fourth-order valence-corrected chi connectivity index (χ4v) is 3.28. The summed E-state index contributed by atoms with van der Waals surface area (Å²) in [6, 6.07) is 12.9. The minimum absolute atomic E-state index is 0.287. The third kappa shape index (κ3) is 1.17. The lowest BCUT2D eigenvalue weighted by Gasteiger charge is -2.24. The van der Waals surface area contributed by atoms with Crippen LogP contribution in [-0.2, 0) is 11.2 Å². The molecule has 0 saturated heterocycles. The zero-order valence-electron chi connectivity index (χ0n) is 9.44. The average Bonchev–Trinajstić information content (AvgIpc) is 2.70. The van der Waals surface area contributed by atoms with Gasteiger partial charge < -0.3 is 0 Å². The van der Waals surface area contributed by atoms with Crippen molar-refractivity contribution in [1.29, 1.82) is 0 Å². The van der Waals surface area contributed by atoms with Crippen LogP contribution in [0.1, 0.15) is 17.5 Å². The molecule has 2 aromatic rings. The monoisotopic (exact) mass is 220 g/mol. The van der Waals surface area contributed by atoms with Crippen LogP contribution in [0.2, 0.25) is 0 Å². The van der Waals surface area contributed by atoms with E-state index in [4.69, 9.17) is 0 Å². The average molecular weight is 220 g/mol. The predicted molar refractivity (Wildman–Crippen MR) is 68.7 cm³/mol. The quantitative estimate of drug-likeness (QED) is 0.665. The summed E-state index contributed by atoms with van der Waals surface area (Å²) in [6.07, 6.45) is 3.57. The molecule has 0 N–H and O–H groups in total. The van der Waals surface area contributed by atoms with Crippen molar-refractivity contribution >= 4 is 22.1 Å². The molecule has 1 atom stereocenters. The minimum atomic E-state index is 0.287. The van der Waals surface area contributed by atoms with Gasteiger partial charge in [0.15, 0.2) is 5.78 Å². The van der Waals surface area contributed by atoms with Crippen molar-refractivity contribution < 1.29 is 4.79 Å². The fourth-order valence-electron chi connectivity index (χ4n) is 3.28. The van der Waals surface area contributed by atoms with E-state index in [1.807, 2.05) is 6.08 Å².